The molecule has 0 radical (unpaired) electrons. The molecule has 126 valence electrons. The number of hydrogen-bond donors (Lipinski definition) is 0. The number of hydrogen-bond acceptors (Lipinski definition) is 7. The fourth-order valence-electron chi connectivity index (χ4n) is 2.91. The molecule has 1 heterocycles. The van der Waals surface area contributed by atoms with E-state index >= 15 is 0 Å². The van der Waals surface area contributed by atoms with E-state index < -0.39 is 28.7 Å². The number of esters is 1. The SMILES string of the molecule is COC(=O)C1=C(C)N=C(C)C(C(=O)[O-])[C@H]1c1cccc([N+](=O)[O-])c1. The maximum absolute atomic E-state index is 12.2. The highest BCUT2D eigenvalue weighted by atomic mass is 16.6. The molecule has 0 N–H and O–H groups in total. The zero-order valence-corrected chi connectivity index (χ0v) is 13.3. The van der Waals surface area contributed by atoms with Crippen molar-refractivity contribution in [2.24, 2.45) is 10.9 Å². The van der Waals surface area contributed by atoms with Crippen molar-refractivity contribution in [3.63, 3.8) is 0 Å². The number of aliphatic imine (C=N–C) groups is 1. The number of carboxylic acids is 1. The quantitative estimate of drug-likeness (QED) is 0.460. The number of aliphatic carboxylic acids is 1. The molecule has 24 heavy (non-hydrogen) atoms. The summed E-state index contributed by atoms with van der Waals surface area (Å²) in [5.74, 6) is -4.34. The van der Waals surface area contributed by atoms with E-state index in [2.05, 4.69) is 4.99 Å². The van der Waals surface area contributed by atoms with E-state index in [4.69, 9.17) is 4.74 Å². The van der Waals surface area contributed by atoms with E-state index in [0.717, 1.165) is 0 Å². The summed E-state index contributed by atoms with van der Waals surface area (Å²) in [4.78, 5) is 38.3. The van der Waals surface area contributed by atoms with Crippen LogP contribution in [-0.4, -0.2) is 29.7 Å². The van der Waals surface area contributed by atoms with Crippen LogP contribution in [0.1, 0.15) is 25.3 Å². The summed E-state index contributed by atoms with van der Waals surface area (Å²) < 4.78 is 4.74. The van der Waals surface area contributed by atoms with Gasteiger partial charge in [-0.1, -0.05) is 12.1 Å². The Hall–Kier alpha value is -3.03. The summed E-state index contributed by atoms with van der Waals surface area (Å²) in [5.41, 5.74) is 0.738. The van der Waals surface area contributed by atoms with Crippen molar-refractivity contribution in [2.45, 2.75) is 19.8 Å². The lowest BCUT2D eigenvalue weighted by Crippen LogP contribution is -2.42. The van der Waals surface area contributed by atoms with E-state index in [9.17, 15) is 24.8 Å². The molecule has 0 spiro atoms. The number of non-ortho nitro benzene ring substituents is 1. The van der Waals surface area contributed by atoms with E-state index in [1.54, 1.807) is 6.92 Å². The molecule has 1 aliphatic rings. The monoisotopic (exact) mass is 331 g/mol. The van der Waals surface area contributed by atoms with E-state index in [1.807, 2.05) is 0 Å². The minimum Gasteiger partial charge on any atom is -0.549 e. The van der Waals surface area contributed by atoms with Gasteiger partial charge in [0, 0.05) is 35.4 Å². The molecular weight excluding hydrogens is 316 g/mol. The number of ether oxygens (including phenoxy) is 1. The number of benzene rings is 1. The van der Waals surface area contributed by atoms with Crippen molar-refractivity contribution in [2.75, 3.05) is 7.11 Å². The highest BCUT2D eigenvalue weighted by molar-refractivity contribution is 6.06. The molecule has 1 unspecified atom stereocenters. The highest BCUT2D eigenvalue weighted by Gasteiger charge is 2.38. The predicted octanol–water partition coefficient (Wildman–Crippen LogP) is 0.966. The van der Waals surface area contributed by atoms with Crippen molar-refractivity contribution >= 4 is 23.3 Å². The van der Waals surface area contributed by atoms with Gasteiger partial charge in [0.15, 0.2) is 0 Å². The lowest BCUT2D eigenvalue weighted by atomic mass is 9.75. The average molecular weight is 331 g/mol. The Morgan fingerprint density at radius 1 is 1.29 bits per heavy atom. The number of carbonyl (C=O) groups is 2. The van der Waals surface area contributed by atoms with Gasteiger partial charge in [0.05, 0.1) is 23.6 Å². The van der Waals surface area contributed by atoms with Crippen LogP contribution >= 0.6 is 0 Å². The molecule has 2 rings (SSSR count). The first-order valence-corrected chi connectivity index (χ1v) is 7.07. The topological polar surface area (TPSA) is 122 Å². The molecule has 2 atom stereocenters. The Labute approximate surface area is 137 Å². The van der Waals surface area contributed by atoms with Crippen molar-refractivity contribution in [1.29, 1.82) is 0 Å². The maximum Gasteiger partial charge on any atom is 0.336 e. The van der Waals surface area contributed by atoms with E-state index in [0.29, 0.717) is 11.3 Å². The van der Waals surface area contributed by atoms with Crippen molar-refractivity contribution in [1.82, 2.24) is 0 Å². The second-order valence-corrected chi connectivity index (χ2v) is 5.37. The third-order valence-corrected chi connectivity index (χ3v) is 3.93. The zero-order valence-electron chi connectivity index (χ0n) is 13.3. The number of nitro groups is 1. The van der Waals surface area contributed by atoms with Crippen LogP contribution in [0.15, 0.2) is 40.5 Å². The Balaban J connectivity index is 2.70. The lowest BCUT2D eigenvalue weighted by Gasteiger charge is -2.33. The highest BCUT2D eigenvalue weighted by Crippen LogP contribution is 2.40. The largest absolute Gasteiger partial charge is 0.549 e. The number of nitrogens with zero attached hydrogens (tertiary/aromatic N) is 2. The second kappa shape index (κ2) is 6.61. The van der Waals surface area contributed by atoms with Crippen molar-refractivity contribution < 1.29 is 24.4 Å². The number of carboxylic acid groups (broad SMARTS) is 1. The molecule has 8 nitrogen and oxygen atoms in total. The Morgan fingerprint density at radius 3 is 2.50 bits per heavy atom. The Bertz CT molecular complexity index is 781. The van der Waals surface area contributed by atoms with Crippen molar-refractivity contribution in [3.8, 4) is 0 Å². The van der Waals surface area contributed by atoms with Gasteiger partial charge >= 0.3 is 5.97 Å². The third-order valence-electron chi connectivity index (χ3n) is 3.93. The first-order valence-electron chi connectivity index (χ1n) is 7.07. The zero-order chi connectivity index (χ0) is 18.0. The number of rotatable bonds is 4. The van der Waals surface area contributed by atoms with Crippen LogP contribution in [0.3, 0.4) is 0 Å². The molecule has 0 amide bonds. The lowest BCUT2D eigenvalue weighted by molar-refractivity contribution is -0.384. The van der Waals surface area contributed by atoms with E-state index in [1.165, 1.54) is 38.3 Å². The molecule has 0 aromatic heterocycles. The number of allylic oxidation sites excluding steroid dienone is 1. The normalized spacial score (nSPS) is 20.4. The van der Waals surface area contributed by atoms with Crippen LogP contribution in [-0.2, 0) is 14.3 Å². The van der Waals surface area contributed by atoms with Crippen LogP contribution in [0, 0.1) is 16.0 Å². The molecule has 1 aromatic carbocycles. The fourth-order valence-corrected chi connectivity index (χ4v) is 2.91. The van der Waals surface area contributed by atoms with Gasteiger partial charge in [-0.25, -0.2) is 4.79 Å². The second-order valence-electron chi connectivity index (χ2n) is 5.37. The molecule has 0 bridgehead atoms. The van der Waals surface area contributed by atoms with Gasteiger partial charge in [0.2, 0.25) is 0 Å². The number of carbonyl (C=O) groups excluding carboxylic acids is 2. The van der Waals surface area contributed by atoms with Gasteiger partial charge in [-0.3, -0.25) is 15.1 Å². The Morgan fingerprint density at radius 2 is 1.96 bits per heavy atom. The van der Waals surface area contributed by atoms with Crippen LogP contribution < -0.4 is 5.11 Å². The predicted molar refractivity (Wildman–Crippen MR) is 82.2 cm³/mol. The maximum atomic E-state index is 12.2. The minimum absolute atomic E-state index is 0.0535. The van der Waals surface area contributed by atoms with E-state index in [-0.39, 0.29) is 17.0 Å². The average Bonchev–Trinajstić information content (AvgIpc) is 2.53. The Kier molecular flexibility index (Phi) is 4.77. The molecule has 0 saturated heterocycles. The van der Waals surface area contributed by atoms with Crippen LogP contribution in [0.2, 0.25) is 0 Å². The molecular formula is C16H15N2O6-. The van der Waals surface area contributed by atoms with Crippen LogP contribution in [0.25, 0.3) is 0 Å². The summed E-state index contributed by atoms with van der Waals surface area (Å²) >= 11 is 0. The molecule has 1 aromatic rings. The summed E-state index contributed by atoms with van der Waals surface area (Å²) in [6.45, 7) is 3.08. The van der Waals surface area contributed by atoms with Gasteiger partial charge in [0.25, 0.3) is 5.69 Å². The van der Waals surface area contributed by atoms with Crippen LogP contribution in [0.4, 0.5) is 5.69 Å². The molecule has 0 fully saturated rings. The smallest absolute Gasteiger partial charge is 0.336 e. The third kappa shape index (κ3) is 3.03. The molecule has 1 aliphatic heterocycles. The summed E-state index contributed by atoms with van der Waals surface area (Å²) in [6.07, 6.45) is 0. The fraction of sp³-hybridized carbons (Fsp3) is 0.312. The van der Waals surface area contributed by atoms with Gasteiger partial charge < -0.3 is 14.6 Å². The summed E-state index contributed by atoms with van der Waals surface area (Å²) in [7, 11) is 1.17. The molecule has 8 heteroatoms. The van der Waals surface area contributed by atoms with Gasteiger partial charge in [-0.15, -0.1) is 0 Å². The standard InChI is InChI=1S/C16H16N2O6/c1-8-12(15(19)20)14(13(9(2)17-8)16(21)24-3)10-5-4-6-11(7-10)18(22)23/h4-7,12,14H,1-3H3,(H,19,20)/p-1/t12?,14-/m1/s1. The van der Waals surface area contributed by atoms with Crippen molar-refractivity contribution in [3.05, 3.63) is 51.2 Å². The first kappa shape index (κ1) is 17.3. The molecule has 0 aliphatic carbocycles. The van der Waals surface area contributed by atoms with Crippen LogP contribution in [0.5, 0.6) is 0 Å². The molecule has 0 saturated carbocycles. The minimum atomic E-state index is -1.42. The van der Waals surface area contributed by atoms with Gasteiger partial charge in [-0.05, 0) is 19.4 Å². The summed E-state index contributed by atoms with van der Waals surface area (Å²) in [6, 6.07) is 5.50. The first-order chi connectivity index (χ1) is 11.3. The van der Waals surface area contributed by atoms with Gasteiger partial charge in [0.1, 0.15) is 0 Å². The summed E-state index contributed by atoms with van der Waals surface area (Å²) in [5, 5.41) is 22.6. The van der Waals surface area contributed by atoms with Gasteiger partial charge in [-0.2, -0.15) is 0 Å². The number of methoxy groups -OCH3 is 1. The number of nitro benzene ring substituents is 1.